The van der Waals surface area contributed by atoms with Crippen LogP contribution in [0, 0.1) is 0 Å². The molecule has 1 atom stereocenters. The fourth-order valence-electron chi connectivity index (χ4n) is 3.38. The van der Waals surface area contributed by atoms with Crippen LogP contribution in [0.3, 0.4) is 0 Å². The number of ether oxygens (including phenoxy) is 1. The Hall–Kier alpha value is -1.76. The quantitative estimate of drug-likeness (QED) is 0.912. The molecule has 0 spiro atoms. The summed E-state index contributed by atoms with van der Waals surface area (Å²) in [5, 5.41) is 3.19. The number of halogens is 3. The van der Waals surface area contributed by atoms with Crippen LogP contribution in [0.25, 0.3) is 0 Å². The highest BCUT2D eigenvalue weighted by molar-refractivity contribution is 6.02. The number of amides is 1. The first kappa shape index (κ1) is 13.9. The van der Waals surface area contributed by atoms with Gasteiger partial charge in [0.2, 0.25) is 0 Å². The van der Waals surface area contributed by atoms with Gasteiger partial charge in [-0.25, -0.2) is 0 Å². The van der Waals surface area contributed by atoms with Crippen LogP contribution in [0.5, 0.6) is 5.75 Å². The van der Waals surface area contributed by atoms with Crippen molar-refractivity contribution in [3.05, 3.63) is 28.8 Å². The van der Waals surface area contributed by atoms with Gasteiger partial charge in [0.1, 0.15) is 5.75 Å². The third kappa shape index (κ3) is 2.24. The summed E-state index contributed by atoms with van der Waals surface area (Å²) in [4.78, 5) is 14.1. The lowest BCUT2D eigenvalue weighted by molar-refractivity contribution is -0.274. The Balaban J connectivity index is 1.83. The molecule has 2 heterocycles. The highest BCUT2D eigenvalue weighted by atomic mass is 19.4. The van der Waals surface area contributed by atoms with Gasteiger partial charge in [-0.15, -0.1) is 13.2 Å². The van der Waals surface area contributed by atoms with Crippen LogP contribution in [0.4, 0.5) is 13.2 Å². The van der Waals surface area contributed by atoms with Gasteiger partial charge >= 0.3 is 6.36 Å². The molecule has 4 nitrogen and oxygen atoms in total. The summed E-state index contributed by atoms with van der Waals surface area (Å²) in [6, 6.07) is 3.10. The highest BCUT2D eigenvalue weighted by Crippen LogP contribution is 2.47. The molecule has 4 rings (SSSR count). The summed E-state index contributed by atoms with van der Waals surface area (Å²) >= 11 is 0. The number of hydrogen-bond acceptors (Lipinski definition) is 3. The van der Waals surface area contributed by atoms with E-state index in [9.17, 15) is 18.0 Å². The van der Waals surface area contributed by atoms with Gasteiger partial charge in [0.25, 0.3) is 5.91 Å². The number of alkyl halides is 3. The van der Waals surface area contributed by atoms with Crippen LogP contribution < -0.4 is 10.1 Å². The van der Waals surface area contributed by atoms with Gasteiger partial charge in [-0.05, 0) is 36.0 Å². The molecule has 1 saturated carbocycles. The predicted octanol–water partition coefficient (Wildman–Crippen LogP) is 2.56. The Labute approximate surface area is 125 Å². The number of nitrogens with one attached hydrogen (secondary N) is 1. The second kappa shape index (κ2) is 4.62. The maximum Gasteiger partial charge on any atom is 0.573 e. The van der Waals surface area contributed by atoms with E-state index in [1.165, 1.54) is 6.07 Å². The van der Waals surface area contributed by atoms with E-state index in [1.807, 2.05) is 6.07 Å². The van der Waals surface area contributed by atoms with Crippen LogP contribution in [0.1, 0.15) is 46.3 Å². The summed E-state index contributed by atoms with van der Waals surface area (Å²) in [6.07, 6.45) is -2.84. The monoisotopic (exact) mass is 312 g/mol. The maximum atomic E-state index is 12.7. The molecule has 1 aromatic rings. The SMILES string of the molecule is O=C1c2c(OC(F)(F)F)cc(C3CC3)cc2C2CNCCN12. The van der Waals surface area contributed by atoms with Crippen molar-refractivity contribution in [2.75, 3.05) is 19.6 Å². The fraction of sp³-hybridized carbons (Fsp3) is 0.533. The maximum absolute atomic E-state index is 12.7. The first-order valence-electron chi connectivity index (χ1n) is 7.39. The van der Waals surface area contributed by atoms with Crippen LogP contribution in [-0.4, -0.2) is 36.8 Å². The summed E-state index contributed by atoms with van der Waals surface area (Å²) in [6.45, 7) is 1.72. The number of benzene rings is 1. The summed E-state index contributed by atoms with van der Waals surface area (Å²) in [5.41, 5.74) is 1.59. The predicted molar refractivity (Wildman–Crippen MR) is 71.7 cm³/mol. The standard InChI is InChI=1S/C15H15F3N2O2/c16-15(17,18)22-12-6-9(8-1-2-8)5-10-11-7-19-3-4-20(11)14(21)13(10)12/h5-6,8,11,19H,1-4,7H2. The van der Waals surface area contributed by atoms with Gasteiger partial charge < -0.3 is 15.0 Å². The van der Waals surface area contributed by atoms with E-state index in [1.54, 1.807) is 4.90 Å². The molecule has 2 aliphatic heterocycles. The highest BCUT2D eigenvalue weighted by Gasteiger charge is 2.43. The zero-order chi connectivity index (χ0) is 15.5. The van der Waals surface area contributed by atoms with E-state index in [2.05, 4.69) is 10.1 Å². The van der Waals surface area contributed by atoms with Crippen LogP contribution in [-0.2, 0) is 0 Å². The van der Waals surface area contributed by atoms with Gasteiger partial charge in [0.15, 0.2) is 0 Å². The Bertz CT molecular complexity index is 640. The molecule has 1 N–H and O–H groups in total. The number of rotatable bonds is 2. The molecule has 0 aromatic heterocycles. The van der Waals surface area contributed by atoms with Gasteiger partial charge in [0, 0.05) is 19.6 Å². The summed E-state index contributed by atoms with van der Waals surface area (Å²) in [5.74, 6) is -0.406. The lowest BCUT2D eigenvalue weighted by Gasteiger charge is -2.30. The zero-order valence-electron chi connectivity index (χ0n) is 11.7. The van der Waals surface area contributed by atoms with Crippen molar-refractivity contribution < 1.29 is 22.7 Å². The molecular formula is C15H15F3N2O2. The molecule has 7 heteroatoms. The van der Waals surface area contributed by atoms with Crippen molar-refractivity contribution >= 4 is 5.91 Å². The molecule has 1 saturated heterocycles. The molecule has 0 bridgehead atoms. The first-order chi connectivity index (χ1) is 10.4. The molecule has 1 aromatic carbocycles. The summed E-state index contributed by atoms with van der Waals surface area (Å²) < 4.78 is 42.3. The van der Waals surface area contributed by atoms with Crippen molar-refractivity contribution in [1.82, 2.24) is 10.2 Å². The minimum Gasteiger partial charge on any atom is -0.405 e. The van der Waals surface area contributed by atoms with E-state index in [0.29, 0.717) is 31.1 Å². The van der Waals surface area contributed by atoms with Gasteiger partial charge in [-0.2, -0.15) is 0 Å². The molecule has 3 aliphatic rings. The largest absolute Gasteiger partial charge is 0.573 e. The Morgan fingerprint density at radius 3 is 2.73 bits per heavy atom. The van der Waals surface area contributed by atoms with Crippen LogP contribution >= 0.6 is 0 Å². The van der Waals surface area contributed by atoms with E-state index in [4.69, 9.17) is 0 Å². The second-order valence-electron chi connectivity index (χ2n) is 6.02. The zero-order valence-corrected chi connectivity index (χ0v) is 11.7. The molecule has 1 unspecified atom stereocenters. The minimum absolute atomic E-state index is 0.0791. The van der Waals surface area contributed by atoms with Crippen molar-refractivity contribution in [2.24, 2.45) is 0 Å². The Kier molecular flexibility index (Phi) is 2.91. The van der Waals surface area contributed by atoms with Crippen molar-refractivity contribution in [3.8, 4) is 5.75 Å². The average molecular weight is 312 g/mol. The Morgan fingerprint density at radius 1 is 1.27 bits per heavy atom. The molecular weight excluding hydrogens is 297 g/mol. The number of piperazine rings is 1. The van der Waals surface area contributed by atoms with E-state index < -0.39 is 6.36 Å². The van der Waals surface area contributed by atoms with Gasteiger partial charge in [-0.3, -0.25) is 4.79 Å². The number of carbonyl (C=O) groups is 1. The molecule has 1 amide bonds. The number of nitrogens with zero attached hydrogens (tertiary/aromatic N) is 1. The number of carbonyl (C=O) groups excluding carboxylic acids is 1. The first-order valence-corrected chi connectivity index (χ1v) is 7.39. The number of hydrogen-bond donors (Lipinski definition) is 1. The lowest BCUT2D eigenvalue weighted by atomic mass is 9.97. The van der Waals surface area contributed by atoms with E-state index in [-0.39, 0.29) is 23.3 Å². The second-order valence-corrected chi connectivity index (χ2v) is 6.02. The molecule has 0 radical (unpaired) electrons. The lowest BCUT2D eigenvalue weighted by Crippen LogP contribution is -2.44. The number of fused-ring (bicyclic) bond motifs is 3. The van der Waals surface area contributed by atoms with Crippen molar-refractivity contribution in [2.45, 2.75) is 31.2 Å². The van der Waals surface area contributed by atoms with Gasteiger partial charge in [0.05, 0.1) is 11.6 Å². The molecule has 22 heavy (non-hydrogen) atoms. The van der Waals surface area contributed by atoms with E-state index in [0.717, 1.165) is 18.4 Å². The van der Waals surface area contributed by atoms with Crippen LogP contribution in [0.15, 0.2) is 12.1 Å². The van der Waals surface area contributed by atoms with Gasteiger partial charge in [-0.1, -0.05) is 6.07 Å². The third-order valence-electron chi connectivity index (χ3n) is 4.51. The topological polar surface area (TPSA) is 41.6 Å². The van der Waals surface area contributed by atoms with Crippen LogP contribution in [0.2, 0.25) is 0 Å². The molecule has 1 aliphatic carbocycles. The Morgan fingerprint density at radius 2 is 2.05 bits per heavy atom. The average Bonchev–Trinajstić information content (AvgIpc) is 3.25. The third-order valence-corrected chi connectivity index (χ3v) is 4.51. The molecule has 2 fully saturated rings. The summed E-state index contributed by atoms with van der Waals surface area (Å²) in [7, 11) is 0. The van der Waals surface area contributed by atoms with E-state index >= 15 is 0 Å². The fourth-order valence-corrected chi connectivity index (χ4v) is 3.38. The normalized spacial score (nSPS) is 24.2. The smallest absolute Gasteiger partial charge is 0.405 e. The van der Waals surface area contributed by atoms with Crippen molar-refractivity contribution in [1.29, 1.82) is 0 Å². The molecule has 118 valence electrons. The minimum atomic E-state index is -4.79. The van der Waals surface area contributed by atoms with Crippen molar-refractivity contribution in [3.63, 3.8) is 0 Å².